The number of rotatable bonds is 2. The summed E-state index contributed by atoms with van der Waals surface area (Å²) in [5.41, 5.74) is -0.00219. The van der Waals surface area contributed by atoms with Gasteiger partial charge in [0.05, 0.1) is 27.9 Å². The maximum absolute atomic E-state index is 12.5. The second-order valence-corrected chi connectivity index (χ2v) is 4.87. The summed E-state index contributed by atoms with van der Waals surface area (Å²) < 4.78 is 37.6. The first-order valence-corrected chi connectivity index (χ1v) is 6.62. The smallest absolute Gasteiger partial charge is 0.308 e. The summed E-state index contributed by atoms with van der Waals surface area (Å²) in [5.74, 6) is 0. The molecule has 0 saturated heterocycles. The first-order chi connectivity index (χ1) is 10.8. The standard InChI is InChI=1S/C15H9ClF3N3O/c16-12-7-10(15(17,18)19)3-6-13(12)22-14(23)21-11-4-1-9(8-20)2-5-11/h1-7H,(H2,21,22,23). The third-order valence-corrected chi connectivity index (χ3v) is 3.13. The van der Waals surface area contributed by atoms with E-state index in [4.69, 9.17) is 16.9 Å². The van der Waals surface area contributed by atoms with E-state index in [-0.39, 0.29) is 10.7 Å². The molecule has 0 saturated carbocycles. The van der Waals surface area contributed by atoms with Gasteiger partial charge in [-0.1, -0.05) is 11.6 Å². The minimum atomic E-state index is -4.51. The molecule has 2 N–H and O–H groups in total. The van der Waals surface area contributed by atoms with E-state index in [1.807, 2.05) is 6.07 Å². The second-order valence-electron chi connectivity index (χ2n) is 4.46. The van der Waals surface area contributed by atoms with Crippen molar-refractivity contribution >= 4 is 29.0 Å². The van der Waals surface area contributed by atoms with E-state index in [0.717, 1.165) is 18.2 Å². The lowest BCUT2D eigenvalue weighted by Crippen LogP contribution is -2.19. The van der Waals surface area contributed by atoms with Crippen LogP contribution in [0.1, 0.15) is 11.1 Å². The second kappa shape index (κ2) is 6.58. The highest BCUT2D eigenvalue weighted by atomic mass is 35.5. The van der Waals surface area contributed by atoms with Gasteiger partial charge in [0.15, 0.2) is 0 Å². The van der Waals surface area contributed by atoms with Crippen molar-refractivity contribution in [2.45, 2.75) is 6.18 Å². The molecule has 0 aliphatic rings. The van der Waals surface area contributed by atoms with Crippen LogP contribution < -0.4 is 10.6 Å². The number of hydrogen-bond donors (Lipinski definition) is 2. The topological polar surface area (TPSA) is 64.9 Å². The quantitative estimate of drug-likeness (QED) is 0.819. The molecule has 0 atom stereocenters. The van der Waals surface area contributed by atoms with Crippen molar-refractivity contribution in [1.82, 2.24) is 0 Å². The Hall–Kier alpha value is -2.72. The van der Waals surface area contributed by atoms with Crippen molar-refractivity contribution in [3.63, 3.8) is 0 Å². The number of nitriles is 1. The number of benzene rings is 2. The summed E-state index contributed by atoms with van der Waals surface area (Å²) >= 11 is 5.74. The molecule has 0 aromatic heterocycles. The minimum absolute atomic E-state index is 0.0470. The van der Waals surface area contributed by atoms with E-state index in [1.54, 1.807) is 0 Å². The Kier molecular flexibility index (Phi) is 4.77. The number of alkyl halides is 3. The van der Waals surface area contributed by atoms with Crippen LogP contribution in [0.25, 0.3) is 0 Å². The normalized spacial score (nSPS) is 10.7. The third kappa shape index (κ3) is 4.37. The summed E-state index contributed by atoms with van der Waals surface area (Å²) in [4.78, 5) is 11.8. The van der Waals surface area contributed by atoms with Crippen molar-refractivity contribution in [3.8, 4) is 6.07 Å². The highest BCUT2D eigenvalue weighted by molar-refractivity contribution is 6.33. The summed E-state index contributed by atoms with van der Waals surface area (Å²) in [6.07, 6.45) is -4.51. The number of urea groups is 1. The fraction of sp³-hybridized carbons (Fsp3) is 0.0667. The van der Waals surface area contributed by atoms with Crippen molar-refractivity contribution < 1.29 is 18.0 Å². The van der Waals surface area contributed by atoms with Crippen LogP contribution in [0.15, 0.2) is 42.5 Å². The minimum Gasteiger partial charge on any atom is -0.308 e. The molecule has 0 fully saturated rings. The lowest BCUT2D eigenvalue weighted by molar-refractivity contribution is -0.137. The van der Waals surface area contributed by atoms with E-state index in [2.05, 4.69) is 10.6 Å². The zero-order chi connectivity index (χ0) is 17.0. The maximum atomic E-state index is 12.5. The number of carbonyl (C=O) groups is 1. The zero-order valence-corrected chi connectivity index (χ0v) is 12.2. The van der Waals surface area contributed by atoms with Crippen LogP contribution in [-0.2, 0) is 6.18 Å². The Morgan fingerprint density at radius 1 is 1.09 bits per heavy atom. The zero-order valence-electron chi connectivity index (χ0n) is 11.4. The third-order valence-electron chi connectivity index (χ3n) is 2.82. The summed E-state index contributed by atoms with van der Waals surface area (Å²) in [6, 6.07) is 9.96. The molecule has 0 unspecified atom stereocenters. The Morgan fingerprint density at radius 3 is 2.26 bits per heavy atom. The molecule has 0 heterocycles. The van der Waals surface area contributed by atoms with Gasteiger partial charge in [-0.05, 0) is 42.5 Å². The predicted octanol–water partition coefficient (Wildman–Crippen LogP) is 4.87. The molecular formula is C15H9ClF3N3O. The molecule has 0 aliphatic heterocycles. The average Bonchev–Trinajstić information content (AvgIpc) is 2.49. The largest absolute Gasteiger partial charge is 0.416 e. The molecule has 2 aromatic carbocycles. The van der Waals surface area contributed by atoms with Gasteiger partial charge in [0.1, 0.15) is 0 Å². The molecular weight excluding hydrogens is 331 g/mol. The molecule has 2 rings (SSSR count). The molecule has 8 heteroatoms. The van der Waals surface area contributed by atoms with E-state index >= 15 is 0 Å². The van der Waals surface area contributed by atoms with Gasteiger partial charge in [0.25, 0.3) is 0 Å². The van der Waals surface area contributed by atoms with Crippen LogP contribution >= 0.6 is 11.6 Å². The molecule has 118 valence electrons. The molecule has 0 spiro atoms. The number of anilines is 2. The van der Waals surface area contributed by atoms with Crippen LogP contribution in [0.4, 0.5) is 29.3 Å². The highest BCUT2D eigenvalue weighted by Gasteiger charge is 2.30. The van der Waals surface area contributed by atoms with Crippen LogP contribution in [0, 0.1) is 11.3 Å². The predicted molar refractivity (Wildman–Crippen MR) is 80.3 cm³/mol. The molecule has 0 radical (unpaired) electrons. The number of nitrogens with one attached hydrogen (secondary N) is 2. The van der Waals surface area contributed by atoms with Crippen molar-refractivity contribution in [1.29, 1.82) is 5.26 Å². The fourth-order valence-corrected chi connectivity index (χ4v) is 1.93. The van der Waals surface area contributed by atoms with E-state index in [0.29, 0.717) is 11.3 Å². The maximum Gasteiger partial charge on any atom is 0.416 e. The van der Waals surface area contributed by atoms with Crippen molar-refractivity contribution in [2.75, 3.05) is 10.6 Å². The number of nitrogens with zero attached hydrogens (tertiary/aromatic N) is 1. The van der Waals surface area contributed by atoms with E-state index < -0.39 is 17.8 Å². The van der Waals surface area contributed by atoms with Crippen LogP contribution in [-0.4, -0.2) is 6.03 Å². The first-order valence-electron chi connectivity index (χ1n) is 6.24. The Balaban J connectivity index is 2.06. The van der Waals surface area contributed by atoms with Gasteiger partial charge in [-0.25, -0.2) is 4.79 Å². The summed E-state index contributed by atoms with van der Waals surface area (Å²) in [6.45, 7) is 0. The molecule has 4 nitrogen and oxygen atoms in total. The van der Waals surface area contributed by atoms with Crippen molar-refractivity contribution in [3.05, 3.63) is 58.6 Å². The van der Waals surface area contributed by atoms with E-state index in [1.165, 1.54) is 24.3 Å². The highest BCUT2D eigenvalue weighted by Crippen LogP contribution is 2.33. The van der Waals surface area contributed by atoms with Gasteiger partial charge in [-0.3, -0.25) is 0 Å². The number of amides is 2. The molecule has 0 aliphatic carbocycles. The Morgan fingerprint density at radius 2 is 1.74 bits per heavy atom. The molecule has 2 amide bonds. The van der Waals surface area contributed by atoms with Crippen molar-refractivity contribution in [2.24, 2.45) is 0 Å². The van der Waals surface area contributed by atoms with Crippen LogP contribution in [0.2, 0.25) is 5.02 Å². The SMILES string of the molecule is N#Cc1ccc(NC(=O)Nc2ccc(C(F)(F)F)cc2Cl)cc1. The molecule has 23 heavy (non-hydrogen) atoms. The monoisotopic (exact) mass is 339 g/mol. The number of carbonyl (C=O) groups excluding carboxylic acids is 1. The van der Waals surface area contributed by atoms with Gasteiger partial charge >= 0.3 is 12.2 Å². The van der Waals surface area contributed by atoms with Gasteiger partial charge in [-0.15, -0.1) is 0 Å². The average molecular weight is 340 g/mol. The van der Waals surface area contributed by atoms with Gasteiger partial charge in [0.2, 0.25) is 0 Å². The lowest BCUT2D eigenvalue weighted by atomic mass is 10.2. The lowest BCUT2D eigenvalue weighted by Gasteiger charge is -2.11. The number of hydrogen-bond acceptors (Lipinski definition) is 2. The first kappa shape index (κ1) is 16.6. The molecule has 0 bridgehead atoms. The summed E-state index contributed by atoms with van der Waals surface area (Å²) in [5, 5.41) is 13.3. The van der Waals surface area contributed by atoms with Gasteiger partial charge in [0, 0.05) is 5.69 Å². The van der Waals surface area contributed by atoms with E-state index in [9.17, 15) is 18.0 Å². The number of halogens is 4. The Bertz CT molecular complexity index is 767. The molecule has 2 aromatic rings. The van der Waals surface area contributed by atoms with Crippen LogP contribution in [0.3, 0.4) is 0 Å². The Labute approximate surface area is 134 Å². The van der Waals surface area contributed by atoms with Gasteiger partial charge in [-0.2, -0.15) is 18.4 Å². The van der Waals surface area contributed by atoms with Crippen LogP contribution in [0.5, 0.6) is 0 Å². The summed E-state index contributed by atoms with van der Waals surface area (Å²) in [7, 11) is 0. The fourth-order valence-electron chi connectivity index (χ4n) is 1.71. The van der Waals surface area contributed by atoms with Gasteiger partial charge < -0.3 is 10.6 Å².